The summed E-state index contributed by atoms with van der Waals surface area (Å²) in [5.41, 5.74) is 3.51. The highest BCUT2D eigenvalue weighted by Crippen LogP contribution is 2.29. The van der Waals surface area contributed by atoms with E-state index in [1.807, 2.05) is 81.4 Å². The number of hydrogen-bond acceptors (Lipinski definition) is 5. The van der Waals surface area contributed by atoms with Crippen LogP contribution in [0.25, 0.3) is 0 Å². The molecule has 0 unspecified atom stereocenters. The Morgan fingerprint density at radius 3 is 1.88 bits per heavy atom. The Morgan fingerprint density at radius 2 is 1.17 bits per heavy atom. The van der Waals surface area contributed by atoms with Crippen LogP contribution in [0, 0.1) is 11.8 Å². The van der Waals surface area contributed by atoms with Gasteiger partial charge in [-0.05, 0) is 91.6 Å². The smallest absolute Gasteiger partial charge is 0.253 e. The minimum absolute atomic E-state index is 0.0896. The highest BCUT2D eigenvalue weighted by molar-refractivity contribution is 9.10. The van der Waals surface area contributed by atoms with Gasteiger partial charge in [0.05, 0.1) is 0 Å². The van der Waals surface area contributed by atoms with Gasteiger partial charge in [0, 0.05) is 99.2 Å². The van der Waals surface area contributed by atoms with Crippen molar-refractivity contribution in [2.75, 3.05) is 65.4 Å². The fraction of sp³-hybridized carbons (Fsp3) is 0.462. The summed E-state index contributed by atoms with van der Waals surface area (Å²) < 4.78 is 0.971. The third-order valence-corrected chi connectivity index (χ3v) is 11.4. The molecule has 0 aromatic heterocycles. The number of piperidine rings is 1. The van der Waals surface area contributed by atoms with E-state index < -0.39 is 0 Å². The Balaban J connectivity index is 0.792. The maximum absolute atomic E-state index is 13.4. The van der Waals surface area contributed by atoms with E-state index in [0.29, 0.717) is 6.04 Å². The van der Waals surface area contributed by atoms with Gasteiger partial charge in [0.1, 0.15) is 0 Å². The molecule has 9 heteroatoms. The van der Waals surface area contributed by atoms with E-state index in [1.165, 1.54) is 18.4 Å². The van der Waals surface area contributed by atoms with Gasteiger partial charge < -0.3 is 14.7 Å². The molecule has 4 saturated heterocycles. The van der Waals surface area contributed by atoms with Crippen molar-refractivity contribution in [3.8, 4) is 0 Å². The molecule has 3 amide bonds. The summed E-state index contributed by atoms with van der Waals surface area (Å²) in [6.45, 7) is 9.50. The molecule has 0 saturated carbocycles. The van der Waals surface area contributed by atoms with Gasteiger partial charge in [-0.3, -0.25) is 24.2 Å². The Bertz CT molecular complexity index is 1570. The summed E-state index contributed by atoms with van der Waals surface area (Å²) in [5.74, 6) is 1.85. The highest BCUT2D eigenvalue weighted by Gasteiger charge is 2.37. The topological polar surface area (TPSA) is 67.4 Å². The molecule has 252 valence electrons. The van der Waals surface area contributed by atoms with E-state index in [0.717, 1.165) is 118 Å². The zero-order chi connectivity index (χ0) is 33.0. The van der Waals surface area contributed by atoms with Gasteiger partial charge in [0.15, 0.2) is 0 Å². The summed E-state index contributed by atoms with van der Waals surface area (Å²) >= 11 is 3.43. The second-order valence-electron chi connectivity index (χ2n) is 14.1. The molecule has 0 atom stereocenters. The number of rotatable bonds is 9. The van der Waals surface area contributed by atoms with E-state index in [4.69, 9.17) is 0 Å². The average molecular weight is 713 g/mol. The molecule has 3 aromatic carbocycles. The number of carbonyl (C=O) groups excluding carboxylic acids is 3. The molecular formula is C39H46BrN5O3. The molecule has 8 nitrogen and oxygen atoms in total. The molecule has 0 spiro atoms. The molecular weight excluding hydrogens is 666 g/mol. The van der Waals surface area contributed by atoms with Gasteiger partial charge in [-0.25, -0.2) is 0 Å². The predicted octanol–water partition coefficient (Wildman–Crippen LogP) is 5.50. The molecule has 4 aliphatic rings. The van der Waals surface area contributed by atoms with Gasteiger partial charge >= 0.3 is 0 Å². The Hall–Kier alpha value is -3.53. The van der Waals surface area contributed by atoms with Crippen molar-refractivity contribution in [3.63, 3.8) is 0 Å². The van der Waals surface area contributed by atoms with Gasteiger partial charge in [-0.2, -0.15) is 0 Å². The Labute approximate surface area is 292 Å². The maximum atomic E-state index is 13.4. The van der Waals surface area contributed by atoms with Crippen LogP contribution in [0.15, 0.2) is 83.3 Å². The third kappa shape index (κ3) is 7.69. The number of hydrogen-bond donors (Lipinski definition) is 0. The van der Waals surface area contributed by atoms with E-state index in [2.05, 4.69) is 37.9 Å². The van der Waals surface area contributed by atoms with E-state index >= 15 is 0 Å². The van der Waals surface area contributed by atoms with Crippen molar-refractivity contribution < 1.29 is 14.4 Å². The summed E-state index contributed by atoms with van der Waals surface area (Å²) in [5, 5.41) is 0. The van der Waals surface area contributed by atoms with E-state index in [1.54, 1.807) is 0 Å². The average Bonchev–Trinajstić information content (AvgIpc) is 3.09. The van der Waals surface area contributed by atoms with Crippen molar-refractivity contribution in [1.29, 1.82) is 0 Å². The van der Waals surface area contributed by atoms with Gasteiger partial charge in [-0.1, -0.05) is 46.3 Å². The fourth-order valence-corrected chi connectivity index (χ4v) is 8.07. The molecule has 0 radical (unpaired) electrons. The highest BCUT2D eigenvalue weighted by atomic mass is 79.9. The number of halogens is 1. The summed E-state index contributed by atoms with van der Waals surface area (Å²) in [7, 11) is 0. The van der Waals surface area contributed by atoms with Crippen molar-refractivity contribution in [2.24, 2.45) is 11.8 Å². The van der Waals surface area contributed by atoms with E-state index in [-0.39, 0.29) is 17.7 Å². The summed E-state index contributed by atoms with van der Waals surface area (Å²) in [4.78, 5) is 49.8. The zero-order valence-corrected chi connectivity index (χ0v) is 29.3. The van der Waals surface area contributed by atoms with Crippen molar-refractivity contribution in [2.45, 2.75) is 38.3 Å². The second-order valence-corrected chi connectivity index (χ2v) is 15.1. The lowest BCUT2D eigenvalue weighted by molar-refractivity contribution is 0.00852. The van der Waals surface area contributed by atoms with Gasteiger partial charge in [0.25, 0.3) is 17.7 Å². The monoisotopic (exact) mass is 711 g/mol. The first-order chi connectivity index (χ1) is 23.4. The number of piperazine rings is 1. The number of likely N-dealkylation sites (tertiary alicyclic amines) is 3. The minimum atomic E-state index is 0.0896. The number of amides is 3. The third-order valence-electron chi connectivity index (χ3n) is 10.9. The van der Waals surface area contributed by atoms with Gasteiger partial charge in [-0.15, -0.1) is 0 Å². The molecule has 0 N–H and O–H groups in total. The van der Waals surface area contributed by atoms with Crippen LogP contribution in [0.1, 0.15) is 62.3 Å². The largest absolute Gasteiger partial charge is 0.339 e. The van der Waals surface area contributed by atoms with E-state index in [9.17, 15) is 14.4 Å². The van der Waals surface area contributed by atoms with Crippen molar-refractivity contribution >= 4 is 33.7 Å². The van der Waals surface area contributed by atoms with Crippen LogP contribution in [0.4, 0.5) is 0 Å². The molecule has 3 aromatic rings. The van der Waals surface area contributed by atoms with Crippen LogP contribution in [-0.4, -0.2) is 114 Å². The van der Waals surface area contributed by atoms with Crippen LogP contribution in [-0.2, 0) is 6.54 Å². The second kappa shape index (κ2) is 14.9. The van der Waals surface area contributed by atoms with Crippen molar-refractivity contribution in [1.82, 2.24) is 24.5 Å². The first kappa shape index (κ1) is 33.0. The van der Waals surface area contributed by atoms with Crippen LogP contribution < -0.4 is 0 Å². The summed E-state index contributed by atoms with van der Waals surface area (Å²) in [6.07, 6.45) is 4.74. The minimum Gasteiger partial charge on any atom is -0.339 e. The summed E-state index contributed by atoms with van der Waals surface area (Å²) in [6, 6.07) is 25.8. The SMILES string of the molecule is O=C(c1ccccc1)N1CCC(CCC2CN(Cc3cccc(C(=O)N4CCN(C5CN(C(=O)c6ccc(Br)cc6)C5)CC4)c3)C2)CC1. The lowest BCUT2D eigenvalue weighted by Gasteiger charge is -2.48. The predicted molar refractivity (Wildman–Crippen MR) is 191 cm³/mol. The lowest BCUT2D eigenvalue weighted by Crippen LogP contribution is -2.64. The Kier molecular flexibility index (Phi) is 10.3. The number of benzene rings is 3. The molecule has 0 bridgehead atoms. The van der Waals surface area contributed by atoms with Crippen LogP contribution in [0.2, 0.25) is 0 Å². The lowest BCUT2D eigenvalue weighted by atomic mass is 9.86. The standard InChI is InChI=1S/C39H46BrN5O3/c40-35-13-11-33(12-14-35)38(47)45-27-36(28-45)42-19-21-44(22-20-42)39(48)34-8-4-5-30(23-34)24-41-25-31(26-41)10-9-29-15-17-43(18-16-29)37(46)32-6-2-1-3-7-32/h1-8,11-14,23,29,31,36H,9-10,15-22,24-28H2. The normalized spacial score (nSPS) is 20.0. The zero-order valence-electron chi connectivity index (χ0n) is 27.7. The molecule has 4 fully saturated rings. The fourth-order valence-electron chi connectivity index (χ4n) is 7.81. The number of nitrogens with zero attached hydrogens (tertiary/aromatic N) is 5. The van der Waals surface area contributed by atoms with Gasteiger partial charge in [0.2, 0.25) is 0 Å². The first-order valence-electron chi connectivity index (χ1n) is 17.6. The maximum Gasteiger partial charge on any atom is 0.253 e. The molecule has 4 heterocycles. The number of carbonyl (C=O) groups is 3. The quantitative estimate of drug-likeness (QED) is 0.294. The van der Waals surface area contributed by atoms with Crippen LogP contribution in [0.5, 0.6) is 0 Å². The first-order valence-corrected chi connectivity index (χ1v) is 18.4. The van der Waals surface area contributed by atoms with Crippen LogP contribution in [0.3, 0.4) is 0 Å². The molecule has 4 aliphatic heterocycles. The van der Waals surface area contributed by atoms with Crippen LogP contribution >= 0.6 is 15.9 Å². The Morgan fingerprint density at radius 1 is 0.583 bits per heavy atom. The molecule has 48 heavy (non-hydrogen) atoms. The molecule has 0 aliphatic carbocycles. The molecule has 7 rings (SSSR count). The van der Waals surface area contributed by atoms with Crippen molar-refractivity contribution in [3.05, 3.63) is 106 Å².